The van der Waals surface area contributed by atoms with E-state index >= 15 is 0 Å². The molecule has 2 atom stereocenters. The van der Waals surface area contributed by atoms with Gasteiger partial charge in [-0.05, 0) is 66.5 Å². The van der Waals surface area contributed by atoms with Gasteiger partial charge in [0.25, 0.3) is 0 Å². The number of alkyl carbamates (subject to hydrolysis) is 1. The van der Waals surface area contributed by atoms with Crippen molar-refractivity contribution < 1.29 is 28.7 Å². The fourth-order valence-electron chi connectivity index (χ4n) is 3.22. The number of carbonyl (C=O) groups is 4. The van der Waals surface area contributed by atoms with Gasteiger partial charge in [0.15, 0.2) is 0 Å². The topological polar surface area (TPSA) is 114 Å². The molecule has 0 bridgehead atoms. The Morgan fingerprint density at radius 1 is 1.03 bits per heavy atom. The van der Waals surface area contributed by atoms with Gasteiger partial charge >= 0.3 is 12.1 Å². The average Bonchev–Trinajstić information content (AvgIpc) is 2.67. The zero-order valence-corrected chi connectivity index (χ0v) is 21.1. The minimum Gasteiger partial charge on any atom is -0.468 e. The van der Waals surface area contributed by atoms with Gasteiger partial charge in [-0.3, -0.25) is 14.4 Å². The van der Waals surface area contributed by atoms with Gasteiger partial charge in [-0.1, -0.05) is 24.3 Å². The minimum absolute atomic E-state index is 0.338. The van der Waals surface area contributed by atoms with E-state index in [1.54, 1.807) is 53.7 Å². The van der Waals surface area contributed by atoms with Gasteiger partial charge in [0.05, 0.1) is 7.11 Å². The summed E-state index contributed by atoms with van der Waals surface area (Å²) in [5, 5.41) is 5.11. The summed E-state index contributed by atoms with van der Waals surface area (Å²) in [6.45, 7) is 13.6. The Morgan fingerprint density at radius 2 is 1.61 bits per heavy atom. The number of ether oxygens (including phenoxy) is 2. The Hall–Kier alpha value is -3.10. The van der Waals surface area contributed by atoms with Crippen LogP contribution in [0.4, 0.5) is 4.79 Å². The number of esters is 1. The van der Waals surface area contributed by atoms with Gasteiger partial charge < -0.3 is 25.0 Å². The lowest BCUT2D eigenvalue weighted by molar-refractivity contribution is -0.149. The number of aryl methyl sites for hydroxylation is 1. The normalized spacial score (nSPS) is 13.4. The van der Waals surface area contributed by atoms with Crippen molar-refractivity contribution in [3.05, 3.63) is 35.4 Å². The lowest BCUT2D eigenvalue weighted by Crippen LogP contribution is -2.58. The number of amides is 3. The van der Waals surface area contributed by atoms with Crippen molar-refractivity contribution in [3.8, 4) is 0 Å². The van der Waals surface area contributed by atoms with E-state index in [-0.39, 0.29) is 6.54 Å². The molecule has 33 heavy (non-hydrogen) atoms. The smallest absolute Gasteiger partial charge is 0.408 e. The fourth-order valence-corrected chi connectivity index (χ4v) is 3.22. The van der Waals surface area contributed by atoms with Crippen molar-refractivity contribution >= 4 is 23.9 Å². The van der Waals surface area contributed by atoms with E-state index in [1.807, 2.05) is 19.1 Å². The number of rotatable bonds is 7. The average molecular weight is 464 g/mol. The van der Waals surface area contributed by atoms with Gasteiger partial charge in [0.1, 0.15) is 24.2 Å². The molecule has 0 spiro atoms. The highest BCUT2D eigenvalue weighted by atomic mass is 16.6. The molecule has 9 heteroatoms. The molecular formula is C24H37N3O6. The number of carbonyl (C=O) groups excluding carboxylic acids is 4. The van der Waals surface area contributed by atoms with Crippen LogP contribution in [-0.2, 0) is 23.9 Å². The second-order valence-electron chi connectivity index (χ2n) is 9.80. The molecule has 1 aromatic rings. The number of hydrogen-bond donors (Lipinski definition) is 2. The molecule has 0 radical (unpaired) electrons. The molecule has 1 aromatic carbocycles. The molecule has 1 rings (SSSR count). The Bertz CT molecular complexity index is 870. The third-order valence-electron chi connectivity index (χ3n) is 4.69. The first-order valence-electron chi connectivity index (χ1n) is 10.8. The van der Waals surface area contributed by atoms with Gasteiger partial charge in [0.2, 0.25) is 11.8 Å². The molecule has 184 valence electrons. The Kier molecular flexibility index (Phi) is 9.45. The van der Waals surface area contributed by atoms with Crippen LogP contribution in [0.2, 0.25) is 0 Å². The Labute approximate surface area is 196 Å². The molecule has 3 amide bonds. The molecule has 0 fully saturated rings. The predicted molar refractivity (Wildman–Crippen MR) is 124 cm³/mol. The fraction of sp³-hybridized carbons (Fsp3) is 0.583. The van der Waals surface area contributed by atoms with Gasteiger partial charge in [-0.15, -0.1) is 0 Å². The highest BCUT2D eigenvalue weighted by Gasteiger charge is 2.41. The van der Waals surface area contributed by atoms with Gasteiger partial charge in [-0.2, -0.15) is 0 Å². The highest BCUT2D eigenvalue weighted by Crippen LogP contribution is 2.31. The lowest BCUT2D eigenvalue weighted by atomic mass is 9.93. The van der Waals surface area contributed by atoms with Gasteiger partial charge in [0, 0.05) is 5.54 Å². The summed E-state index contributed by atoms with van der Waals surface area (Å²) in [5.74, 6) is -1.63. The van der Waals surface area contributed by atoms with Crippen LogP contribution in [0.3, 0.4) is 0 Å². The maximum absolute atomic E-state index is 13.6. The summed E-state index contributed by atoms with van der Waals surface area (Å²) >= 11 is 0. The van der Waals surface area contributed by atoms with Crippen LogP contribution in [0.5, 0.6) is 0 Å². The first-order chi connectivity index (χ1) is 15.1. The summed E-state index contributed by atoms with van der Waals surface area (Å²) in [7, 11) is 1.22. The van der Waals surface area contributed by atoms with Crippen molar-refractivity contribution in [1.82, 2.24) is 15.5 Å². The molecule has 0 aliphatic heterocycles. The van der Waals surface area contributed by atoms with Crippen LogP contribution in [0, 0.1) is 6.92 Å². The van der Waals surface area contributed by atoms with E-state index < -0.39 is 47.1 Å². The number of benzene rings is 1. The number of nitrogens with one attached hydrogen (secondary N) is 2. The summed E-state index contributed by atoms with van der Waals surface area (Å²) in [6, 6.07) is 5.18. The van der Waals surface area contributed by atoms with E-state index in [0.29, 0.717) is 5.56 Å². The maximum atomic E-state index is 13.6. The van der Waals surface area contributed by atoms with Gasteiger partial charge in [-0.25, -0.2) is 4.79 Å². The number of hydrogen-bond acceptors (Lipinski definition) is 6. The minimum atomic E-state index is -1.05. The number of nitrogens with zero attached hydrogens (tertiary/aromatic N) is 1. The molecule has 0 aromatic heterocycles. The van der Waals surface area contributed by atoms with Crippen LogP contribution in [0.25, 0.3) is 0 Å². The van der Waals surface area contributed by atoms with Crippen LogP contribution in [-0.4, -0.2) is 59.6 Å². The third-order valence-corrected chi connectivity index (χ3v) is 4.69. The Balaban J connectivity index is 3.39. The molecular weight excluding hydrogens is 426 g/mol. The second-order valence-corrected chi connectivity index (χ2v) is 9.80. The second kappa shape index (κ2) is 11.2. The van der Waals surface area contributed by atoms with Crippen molar-refractivity contribution in [1.29, 1.82) is 0 Å². The zero-order valence-electron chi connectivity index (χ0n) is 21.1. The van der Waals surface area contributed by atoms with Crippen LogP contribution in [0.15, 0.2) is 24.3 Å². The first kappa shape index (κ1) is 27.9. The summed E-state index contributed by atoms with van der Waals surface area (Å²) < 4.78 is 9.87. The molecule has 0 aliphatic carbocycles. The molecule has 0 aliphatic rings. The Morgan fingerprint density at radius 3 is 2.09 bits per heavy atom. The van der Waals surface area contributed by atoms with Crippen molar-refractivity contribution in [2.45, 2.75) is 78.6 Å². The zero-order chi connectivity index (χ0) is 25.6. The third kappa shape index (κ3) is 8.40. The summed E-state index contributed by atoms with van der Waals surface area (Å²) in [5.41, 5.74) is -0.136. The van der Waals surface area contributed by atoms with Crippen LogP contribution < -0.4 is 10.6 Å². The predicted octanol–water partition coefficient (Wildman–Crippen LogP) is 2.87. The van der Waals surface area contributed by atoms with Crippen molar-refractivity contribution in [3.63, 3.8) is 0 Å². The molecule has 0 heterocycles. The van der Waals surface area contributed by atoms with E-state index in [1.165, 1.54) is 18.9 Å². The van der Waals surface area contributed by atoms with E-state index in [0.717, 1.165) is 5.56 Å². The molecule has 9 nitrogen and oxygen atoms in total. The molecule has 0 saturated carbocycles. The standard InChI is InChI=1S/C24H37N3O6/c1-15-12-10-11-13-17(15)19(20(29)25-14-18(28)32-9)27(23(3,4)5)21(30)16(2)26-22(31)33-24(6,7)8/h10-13,16,19H,14H2,1-9H3,(H,25,29)(H,26,31). The number of methoxy groups -OCH3 is 1. The maximum Gasteiger partial charge on any atom is 0.408 e. The van der Waals surface area contributed by atoms with Crippen molar-refractivity contribution in [2.24, 2.45) is 0 Å². The largest absolute Gasteiger partial charge is 0.468 e. The first-order valence-corrected chi connectivity index (χ1v) is 10.8. The molecule has 0 saturated heterocycles. The van der Waals surface area contributed by atoms with Crippen LogP contribution in [0.1, 0.15) is 65.6 Å². The SMILES string of the molecule is COC(=O)CNC(=O)C(c1ccccc1C)N(C(=O)C(C)NC(=O)OC(C)(C)C)C(C)(C)C. The molecule has 2 N–H and O–H groups in total. The monoisotopic (exact) mass is 463 g/mol. The molecule has 2 unspecified atom stereocenters. The quantitative estimate of drug-likeness (QED) is 0.601. The van der Waals surface area contributed by atoms with E-state index in [4.69, 9.17) is 4.74 Å². The van der Waals surface area contributed by atoms with Crippen LogP contribution >= 0.6 is 0 Å². The van der Waals surface area contributed by atoms with E-state index in [2.05, 4.69) is 15.4 Å². The highest BCUT2D eigenvalue weighted by molar-refractivity contribution is 5.93. The lowest BCUT2D eigenvalue weighted by Gasteiger charge is -2.43. The van der Waals surface area contributed by atoms with Crippen molar-refractivity contribution in [2.75, 3.05) is 13.7 Å². The van der Waals surface area contributed by atoms with E-state index in [9.17, 15) is 19.2 Å². The summed E-state index contributed by atoms with van der Waals surface area (Å²) in [6.07, 6.45) is -0.736. The summed E-state index contributed by atoms with van der Waals surface area (Å²) in [4.78, 5) is 52.2.